The summed E-state index contributed by atoms with van der Waals surface area (Å²) in [5.41, 5.74) is 1.75. The molecule has 1 heterocycles. The number of nitrogens with one attached hydrogen (secondary N) is 1. The highest BCUT2D eigenvalue weighted by Gasteiger charge is 2.13. The van der Waals surface area contributed by atoms with Gasteiger partial charge in [-0.05, 0) is 37.3 Å². The summed E-state index contributed by atoms with van der Waals surface area (Å²) in [6, 6.07) is 7.56. The first-order valence-electron chi connectivity index (χ1n) is 7.54. The zero-order valence-electron chi connectivity index (χ0n) is 13.6. The molecule has 0 bridgehead atoms. The Hall–Kier alpha value is -2.00. The summed E-state index contributed by atoms with van der Waals surface area (Å²) in [4.78, 5) is 22.5. The topological polar surface area (TPSA) is 84.2 Å². The minimum absolute atomic E-state index is 0.129. The number of carboxylic acids is 1. The average molecular weight is 383 g/mol. The van der Waals surface area contributed by atoms with Crippen LogP contribution in [0.3, 0.4) is 0 Å². The van der Waals surface area contributed by atoms with Crippen LogP contribution in [0.25, 0.3) is 5.69 Å². The van der Waals surface area contributed by atoms with Crippen LogP contribution in [-0.4, -0.2) is 44.8 Å². The van der Waals surface area contributed by atoms with Crippen LogP contribution in [0.5, 0.6) is 0 Å². The van der Waals surface area contributed by atoms with Gasteiger partial charge >= 0.3 is 5.97 Å². The standard InChI is InChI=1S/C16H18FN3O3S2/c1-11-10-14(19-20(11)13-4-2-12(17)3-5-13)16(23)18-7-9-25-24-8-6-15(21)22/h2-5,10H,6-9H2,1H3,(H,18,23)(H,21,22). The Kier molecular flexibility index (Phi) is 7.32. The molecule has 0 unspecified atom stereocenters. The second-order valence-corrected chi connectivity index (χ2v) is 7.80. The maximum Gasteiger partial charge on any atom is 0.304 e. The second kappa shape index (κ2) is 9.47. The second-order valence-electron chi connectivity index (χ2n) is 5.10. The first-order valence-corrected chi connectivity index (χ1v) is 10.0. The van der Waals surface area contributed by atoms with Gasteiger partial charge in [-0.1, -0.05) is 21.6 Å². The third kappa shape index (κ3) is 6.09. The van der Waals surface area contributed by atoms with E-state index >= 15 is 0 Å². The molecule has 1 aromatic carbocycles. The summed E-state index contributed by atoms with van der Waals surface area (Å²) >= 11 is 0. The van der Waals surface area contributed by atoms with Crippen LogP contribution in [0.4, 0.5) is 4.39 Å². The molecule has 1 amide bonds. The number of rotatable bonds is 9. The quantitative estimate of drug-likeness (QED) is 0.512. The largest absolute Gasteiger partial charge is 0.481 e. The molecule has 0 saturated carbocycles. The lowest BCUT2D eigenvalue weighted by Gasteiger charge is -2.04. The van der Waals surface area contributed by atoms with Crippen LogP contribution >= 0.6 is 21.6 Å². The minimum Gasteiger partial charge on any atom is -0.481 e. The molecule has 0 radical (unpaired) electrons. The van der Waals surface area contributed by atoms with Gasteiger partial charge in [0, 0.05) is 23.7 Å². The van der Waals surface area contributed by atoms with Crippen molar-refractivity contribution in [2.45, 2.75) is 13.3 Å². The van der Waals surface area contributed by atoms with Crippen molar-refractivity contribution in [3.8, 4) is 5.69 Å². The highest BCUT2D eigenvalue weighted by atomic mass is 33.1. The van der Waals surface area contributed by atoms with Crippen molar-refractivity contribution in [1.29, 1.82) is 0 Å². The van der Waals surface area contributed by atoms with Gasteiger partial charge in [0.2, 0.25) is 0 Å². The van der Waals surface area contributed by atoms with Gasteiger partial charge in [-0.2, -0.15) is 5.10 Å². The maximum atomic E-state index is 13.0. The smallest absolute Gasteiger partial charge is 0.304 e. The molecule has 0 atom stereocenters. The number of carboxylic acid groups (broad SMARTS) is 1. The zero-order valence-corrected chi connectivity index (χ0v) is 15.2. The van der Waals surface area contributed by atoms with Crippen LogP contribution in [0, 0.1) is 12.7 Å². The predicted octanol–water partition coefficient (Wildman–Crippen LogP) is 2.91. The van der Waals surface area contributed by atoms with E-state index in [1.165, 1.54) is 33.7 Å². The Morgan fingerprint density at radius 2 is 1.92 bits per heavy atom. The Morgan fingerprint density at radius 1 is 1.24 bits per heavy atom. The molecule has 0 fully saturated rings. The third-order valence-corrected chi connectivity index (χ3v) is 5.55. The molecule has 0 aliphatic heterocycles. The molecule has 0 aliphatic carbocycles. The van der Waals surface area contributed by atoms with E-state index in [0.717, 1.165) is 5.69 Å². The number of aromatic nitrogens is 2. The Balaban J connectivity index is 1.81. The molecular weight excluding hydrogens is 365 g/mol. The molecule has 0 saturated heterocycles. The normalized spacial score (nSPS) is 10.6. The molecule has 2 N–H and O–H groups in total. The zero-order chi connectivity index (χ0) is 18.2. The number of carbonyl (C=O) groups excluding carboxylic acids is 1. The number of hydrogen-bond donors (Lipinski definition) is 2. The Labute approximate surface area is 152 Å². The average Bonchev–Trinajstić information content (AvgIpc) is 2.96. The van der Waals surface area contributed by atoms with E-state index in [1.807, 2.05) is 6.92 Å². The van der Waals surface area contributed by atoms with Crippen molar-refractivity contribution in [3.05, 3.63) is 47.5 Å². The Bertz CT molecular complexity index is 735. The fourth-order valence-corrected chi connectivity index (χ4v) is 3.86. The van der Waals surface area contributed by atoms with E-state index < -0.39 is 5.97 Å². The van der Waals surface area contributed by atoms with E-state index in [2.05, 4.69) is 10.4 Å². The van der Waals surface area contributed by atoms with Crippen molar-refractivity contribution in [2.75, 3.05) is 18.1 Å². The number of hydrogen-bond acceptors (Lipinski definition) is 5. The van der Waals surface area contributed by atoms with Gasteiger partial charge in [0.1, 0.15) is 5.82 Å². The van der Waals surface area contributed by atoms with E-state index in [-0.39, 0.29) is 18.1 Å². The van der Waals surface area contributed by atoms with Crippen molar-refractivity contribution in [2.24, 2.45) is 0 Å². The highest BCUT2D eigenvalue weighted by Crippen LogP contribution is 2.21. The molecule has 1 aromatic heterocycles. The first kappa shape index (κ1) is 19.3. The van der Waals surface area contributed by atoms with Crippen LogP contribution in [0.15, 0.2) is 30.3 Å². The van der Waals surface area contributed by atoms with E-state index in [4.69, 9.17) is 5.11 Å². The number of carbonyl (C=O) groups is 2. The Morgan fingerprint density at radius 3 is 2.60 bits per heavy atom. The highest BCUT2D eigenvalue weighted by molar-refractivity contribution is 8.76. The summed E-state index contributed by atoms with van der Waals surface area (Å²) in [5, 5.41) is 15.6. The summed E-state index contributed by atoms with van der Waals surface area (Å²) in [5.74, 6) is -0.207. The molecular formula is C16H18FN3O3S2. The molecule has 25 heavy (non-hydrogen) atoms. The first-order chi connectivity index (χ1) is 12.0. The number of nitrogens with zero attached hydrogens (tertiary/aromatic N) is 2. The van der Waals surface area contributed by atoms with Crippen LogP contribution in [0.1, 0.15) is 22.6 Å². The maximum absolute atomic E-state index is 13.0. The van der Waals surface area contributed by atoms with Crippen molar-refractivity contribution in [1.82, 2.24) is 15.1 Å². The fraction of sp³-hybridized carbons (Fsp3) is 0.312. The third-order valence-electron chi connectivity index (χ3n) is 3.14. The van der Waals surface area contributed by atoms with E-state index in [0.29, 0.717) is 29.4 Å². The molecule has 0 aliphatic rings. The lowest BCUT2D eigenvalue weighted by molar-refractivity contribution is -0.136. The summed E-state index contributed by atoms with van der Waals surface area (Å²) in [7, 11) is 2.98. The number of aliphatic carboxylic acids is 1. The summed E-state index contributed by atoms with van der Waals surface area (Å²) in [6.07, 6.45) is 0.129. The minimum atomic E-state index is -0.812. The molecule has 134 valence electrons. The molecule has 2 aromatic rings. The van der Waals surface area contributed by atoms with Crippen LogP contribution < -0.4 is 5.32 Å². The SMILES string of the molecule is Cc1cc(C(=O)NCCSSCCC(=O)O)nn1-c1ccc(F)cc1. The molecule has 2 rings (SSSR count). The van der Waals surface area contributed by atoms with Gasteiger partial charge < -0.3 is 10.4 Å². The van der Waals surface area contributed by atoms with Gasteiger partial charge in [-0.3, -0.25) is 9.59 Å². The van der Waals surface area contributed by atoms with Crippen molar-refractivity contribution in [3.63, 3.8) is 0 Å². The van der Waals surface area contributed by atoms with Gasteiger partial charge in [0.15, 0.2) is 5.69 Å². The summed E-state index contributed by atoms with van der Waals surface area (Å²) in [6.45, 7) is 2.29. The summed E-state index contributed by atoms with van der Waals surface area (Å²) < 4.78 is 14.6. The lowest BCUT2D eigenvalue weighted by Crippen LogP contribution is -2.26. The molecule has 9 heteroatoms. The fourth-order valence-electron chi connectivity index (χ4n) is 1.97. The van der Waals surface area contributed by atoms with Crippen molar-refractivity contribution < 1.29 is 19.1 Å². The van der Waals surface area contributed by atoms with Gasteiger partial charge in [0.05, 0.1) is 12.1 Å². The van der Waals surface area contributed by atoms with Gasteiger partial charge in [-0.25, -0.2) is 9.07 Å². The van der Waals surface area contributed by atoms with Crippen LogP contribution in [0.2, 0.25) is 0 Å². The number of halogens is 1. The van der Waals surface area contributed by atoms with Gasteiger partial charge in [0.25, 0.3) is 5.91 Å². The molecule has 6 nitrogen and oxygen atoms in total. The lowest BCUT2D eigenvalue weighted by atomic mass is 10.3. The number of aryl methyl sites for hydroxylation is 1. The van der Waals surface area contributed by atoms with Crippen molar-refractivity contribution >= 4 is 33.5 Å². The van der Waals surface area contributed by atoms with Crippen LogP contribution in [-0.2, 0) is 4.79 Å². The molecule has 0 spiro atoms. The van der Waals surface area contributed by atoms with Gasteiger partial charge in [-0.15, -0.1) is 0 Å². The monoisotopic (exact) mass is 383 g/mol. The van der Waals surface area contributed by atoms with E-state index in [1.54, 1.807) is 22.9 Å². The number of amides is 1. The van der Waals surface area contributed by atoms with E-state index in [9.17, 15) is 14.0 Å². The predicted molar refractivity (Wildman–Crippen MR) is 97.8 cm³/mol. The number of benzene rings is 1.